The molecule has 0 atom stereocenters. The van der Waals surface area contributed by atoms with Gasteiger partial charge in [0.25, 0.3) is 0 Å². The van der Waals surface area contributed by atoms with Gasteiger partial charge in [-0.15, -0.1) is 0 Å². The van der Waals surface area contributed by atoms with Gasteiger partial charge >= 0.3 is 5.63 Å². The van der Waals surface area contributed by atoms with E-state index >= 15 is 0 Å². The molecule has 0 aliphatic heterocycles. The van der Waals surface area contributed by atoms with Gasteiger partial charge in [-0.1, -0.05) is 63.1 Å². The third-order valence-electron chi connectivity index (χ3n) is 6.06. The van der Waals surface area contributed by atoms with Crippen molar-refractivity contribution in [2.75, 3.05) is 0 Å². The molecule has 3 aromatic rings. The molecule has 0 fully saturated rings. The Balaban J connectivity index is 1.65. The van der Waals surface area contributed by atoms with E-state index < -0.39 is 0 Å². The molecule has 1 aromatic heterocycles. The highest BCUT2D eigenvalue weighted by Crippen LogP contribution is 2.33. The fourth-order valence-corrected chi connectivity index (χ4v) is 4.34. The van der Waals surface area contributed by atoms with Crippen LogP contribution in [0.1, 0.15) is 66.8 Å². The van der Waals surface area contributed by atoms with E-state index in [4.69, 9.17) is 9.15 Å². The highest BCUT2D eigenvalue weighted by molar-refractivity contribution is 5.84. The van der Waals surface area contributed by atoms with Gasteiger partial charge in [0.2, 0.25) is 0 Å². The van der Waals surface area contributed by atoms with E-state index in [1.165, 1.54) is 30.4 Å². The Labute approximate surface area is 178 Å². The first kappa shape index (κ1) is 20.5. The summed E-state index contributed by atoms with van der Waals surface area (Å²) in [7, 11) is 0. The van der Waals surface area contributed by atoms with Crippen LogP contribution in [0.5, 0.6) is 5.75 Å². The highest BCUT2D eigenvalue weighted by Gasteiger charge is 2.21. The molecular weight excluding hydrogens is 372 g/mol. The molecule has 0 saturated heterocycles. The number of fused-ring (bicyclic) bond motifs is 3. The molecule has 0 amide bonds. The van der Waals surface area contributed by atoms with Crippen LogP contribution >= 0.6 is 0 Å². The van der Waals surface area contributed by atoms with Gasteiger partial charge in [0.05, 0.1) is 0 Å². The molecule has 3 heteroatoms. The van der Waals surface area contributed by atoms with Gasteiger partial charge in [0.15, 0.2) is 0 Å². The van der Waals surface area contributed by atoms with E-state index in [-0.39, 0.29) is 5.63 Å². The van der Waals surface area contributed by atoms with Crippen LogP contribution < -0.4 is 10.4 Å². The predicted molar refractivity (Wildman–Crippen MR) is 123 cm³/mol. The van der Waals surface area contributed by atoms with Crippen LogP contribution in [0.25, 0.3) is 17.0 Å². The Hall–Kier alpha value is -2.81. The fourth-order valence-electron chi connectivity index (χ4n) is 4.34. The maximum absolute atomic E-state index is 12.4. The van der Waals surface area contributed by atoms with E-state index in [1.54, 1.807) is 0 Å². The Kier molecular flexibility index (Phi) is 6.37. The van der Waals surface area contributed by atoms with Gasteiger partial charge in [-0.05, 0) is 60.4 Å². The van der Waals surface area contributed by atoms with Crippen molar-refractivity contribution in [2.45, 2.75) is 64.9 Å². The van der Waals surface area contributed by atoms with Crippen LogP contribution in [0.15, 0.2) is 52.2 Å². The average molecular weight is 403 g/mol. The van der Waals surface area contributed by atoms with Gasteiger partial charge in [-0.2, -0.15) is 0 Å². The summed E-state index contributed by atoms with van der Waals surface area (Å²) < 4.78 is 11.9. The smallest absolute Gasteiger partial charge is 0.339 e. The molecule has 4 rings (SSSR count). The molecule has 0 radical (unpaired) electrons. The number of aryl methyl sites for hydroxylation is 2. The minimum Gasteiger partial charge on any atom is -0.488 e. The number of hydrogen-bond acceptors (Lipinski definition) is 3. The van der Waals surface area contributed by atoms with Crippen molar-refractivity contribution >= 4 is 17.0 Å². The van der Waals surface area contributed by atoms with Crippen molar-refractivity contribution in [2.24, 2.45) is 0 Å². The zero-order valence-electron chi connectivity index (χ0n) is 17.8. The lowest BCUT2D eigenvalue weighted by atomic mass is 10.00. The van der Waals surface area contributed by atoms with Gasteiger partial charge in [0.1, 0.15) is 17.9 Å². The van der Waals surface area contributed by atoms with Crippen molar-refractivity contribution in [3.63, 3.8) is 0 Å². The van der Waals surface area contributed by atoms with E-state index in [1.807, 2.05) is 24.3 Å². The molecule has 1 heterocycles. The Morgan fingerprint density at radius 3 is 2.63 bits per heavy atom. The molecule has 0 unspecified atom stereocenters. The Bertz CT molecular complexity index is 1090. The maximum Gasteiger partial charge on any atom is 0.339 e. The quantitative estimate of drug-likeness (QED) is 0.298. The summed E-state index contributed by atoms with van der Waals surface area (Å²) in [6.45, 7) is 6.52. The van der Waals surface area contributed by atoms with Crippen LogP contribution in [0, 0.1) is 0 Å². The number of benzene rings is 2. The molecular formula is C27H30O3. The second-order valence-electron chi connectivity index (χ2n) is 8.20. The Morgan fingerprint density at radius 1 is 1.07 bits per heavy atom. The molecule has 0 bridgehead atoms. The van der Waals surface area contributed by atoms with Gasteiger partial charge in [-0.25, -0.2) is 4.79 Å². The monoisotopic (exact) mass is 402 g/mol. The molecule has 1 aliphatic carbocycles. The first-order chi connectivity index (χ1) is 14.7. The lowest BCUT2D eigenvalue weighted by Crippen LogP contribution is -2.08. The van der Waals surface area contributed by atoms with E-state index in [0.29, 0.717) is 12.2 Å². The van der Waals surface area contributed by atoms with E-state index in [0.717, 1.165) is 59.9 Å². The van der Waals surface area contributed by atoms with Gasteiger partial charge in [0, 0.05) is 17.0 Å². The van der Waals surface area contributed by atoms with Gasteiger partial charge in [-0.3, -0.25) is 0 Å². The lowest BCUT2D eigenvalue weighted by Gasteiger charge is -2.14. The molecule has 30 heavy (non-hydrogen) atoms. The molecule has 2 aromatic carbocycles. The summed E-state index contributed by atoms with van der Waals surface area (Å²) in [4.78, 5) is 12.4. The Morgan fingerprint density at radius 2 is 1.87 bits per heavy atom. The summed E-state index contributed by atoms with van der Waals surface area (Å²) in [6.07, 6.45) is 10.5. The summed E-state index contributed by atoms with van der Waals surface area (Å²) in [5, 5.41) is 1.09. The third kappa shape index (κ3) is 4.35. The van der Waals surface area contributed by atoms with Crippen LogP contribution in [0.3, 0.4) is 0 Å². The topological polar surface area (TPSA) is 39.4 Å². The molecule has 0 N–H and O–H groups in total. The minimum atomic E-state index is -0.184. The van der Waals surface area contributed by atoms with Crippen molar-refractivity contribution in [1.29, 1.82) is 0 Å². The first-order valence-electron chi connectivity index (χ1n) is 11.1. The summed E-state index contributed by atoms with van der Waals surface area (Å²) in [6, 6.07) is 12.4. The number of rotatable bonds is 9. The third-order valence-corrected chi connectivity index (χ3v) is 6.06. The molecule has 3 nitrogen and oxygen atoms in total. The lowest BCUT2D eigenvalue weighted by molar-refractivity contribution is 0.302. The zero-order chi connectivity index (χ0) is 20.9. The highest BCUT2D eigenvalue weighted by atomic mass is 16.5. The summed E-state index contributed by atoms with van der Waals surface area (Å²) >= 11 is 0. The van der Waals surface area contributed by atoms with Gasteiger partial charge < -0.3 is 9.15 Å². The predicted octanol–water partition coefficient (Wildman–Crippen LogP) is 6.63. The normalized spacial score (nSPS) is 12.8. The standard InChI is InChI=1S/C27H30O3/c1-3-5-6-7-9-21-16-24-22-10-8-11-23(22)27(28)30-26(24)17-25(21)29-18-20-14-12-19(4-2)13-15-20/h4,12-17H,2-3,5-11,18H2,1H3. The molecule has 0 saturated carbocycles. The van der Waals surface area contributed by atoms with Crippen molar-refractivity contribution < 1.29 is 9.15 Å². The van der Waals surface area contributed by atoms with Crippen LogP contribution in [0.4, 0.5) is 0 Å². The largest absolute Gasteiger partial charge is 0.488 e. The summed E-state index contributed by atoms with van der Waals surface area (Å²) in [5.41, 5.74) is 5.93. The number of unbranched alkanes of at least 4 members (excludes halogenated alkanes) is 3. The second-order valence-corrected chi connectivity index (χ2v) is 8.20. The molecule has 156 valence electrons. The fraction of sp³-hybridized carbons (Fsp3) is 0.370. The maximum atomic E-state index is 12.4. The van der Waals surface area contributed by atoms with E-state index in [2.05, 4.69) is 31.7 Å². The van der Waals surface area contributed by atoms with Crippen LogP contribution in [-0.4, -0.2) is 0 Å². The molecule has 0 spiro atoms. The SMILES string of the molecule is C=Cc1ccc(COc2cc3oc(=O)c4c(c3cc2CCCCCC)CCC4)cc1. The number of hydrogen-bond donors (Lipinski definition) is 0. The van der Waals surface area contributed by atoms with Crippen LogP contribution in [0.2, 0.25) is 0 Å². The van der Waals surface area contributed by atoms with Crippen molar-refractivity contribution in [3.8, 4) is 5.75 Å². The van der Waals surface area contributed by atoms with E-state index in [9.17, 15) is 4.79 Å². The van der Waals surface area contributed by atoms with Crippen molar-refractivity contribution in [3.05, 3.63) is 81.2 Å². The first-order valence-corrected chi connectivity index (χ1v) is 11.1. The number of ether oxygens (including phenoxy) is 1. The average Bonchev–Trinajstić information content (AvgIpc) is 3.27. The van der Waals surface area contributed by atoms with Crippen molar-refractivity contribution in [1.82, 2.24) is 0 Å². The molecule has 1 aliphatic rings. The summed E-state index contributed by atoms with van der Waals surface area (Å²) in [5.74, 6) is 0.827. The zero-order valence-corrected chi connectivity index (χ0v) is 17.8. The van der Waals surface area contributed by atoms with Crippen LogP contribution in [-0.2, 0) is 25.9 Å². The second kappa shape index (κ2) is 9.34. The minimum absolute atomic E-state index is 0.184.